The Morgan fingerprint density at radius 3 is 2.11 bits per heavy atom. The molecule has 0 heterocycles. The molecule has 0 aliphatic heterocycles. The summed E-state index contributed by atoms with van der Waals surface area (Å²) in [6.07, 6.45) is 0. The van der Waals surface area contributed by atoms with Crippen molar-refractivity contribution < 1.29 is 4.79 Å². The van der Waals surface area contributed by atoms with Gasteiger partial charge in [0.2, 0.25) is 5.91 Å². The molecule has 18 heavy (non-hydrogen) atoms. The van der Waals surface area contributed by atoms with Crippen molar-refractivity contribution in [3.05, 3.63) is 29.8 Å². The lowest BCUT2D eigenvalue weighted by atomic mass is 10.1. The van der Waals surface area contributed by atoms with E-state index in [1.54, 1.807) is 6.92 Å². The van der Waals surface area contributed by atoms with E-state index in [-0.39, 0.29) is 11.9 Å². The molecule has 0 saturated carbocycles. The van der Waals surface area contributed by atoms with Crippen LogP contribution >= 0.6 is 0 Å². The average Bonchev–Trinajstić information content (AvgIpc) is 2.29. The molecule has 0 spiro atoms. The maximum atomic E-state index is 11.0. The lowest BCUT2D eigenvalue weighted by molar-refractivity contribution is -0.119. The van der Waals surface area contributed by atoms with Crippen molar-refractivity contribution in [2.45, 2.75) is 13.0 Å². The van der Waals surface area contributed by atoms with Crippen LogP contribution < -0.4 is 10.2 Å². The molecule has 4 nitrogen and oxygen atoms in total. The summed E-state index contributed by atoms with van der Waals surface area (Å²) in [4.78, 5) is 15.2. The number of nitrogens with one attached hydrogen (secondary N) is 1. The molecule has 1 unspecified atom stereocenters. The van der Waals surface area contributed by atoms with Gasteiger partial charge in [-0.3, -0.25) is 4.79 Å². The van der Waals surface area contributed by atoms with Gasteiger partial charge in [-0.05, 0) is 31.8 Å². The van der Waals surface area contributed by atoms with Crippen LogP contribution in [0.25, 0.3) is 0 Å². The van der Waals surface area contributed by atoms with Gasteiger partial charge >= 0.3 is 0 Å². The van der Waals surface area contributed by atoms with Crippen LogP contribution in [-0.2, 0) is 4.79 Å². The SMILES string of the molecule is CC(=O)NCC(c1ccc(N(C)C)cc1)N(C)C. The standard InChI is InChI=1S/C14H23N3O/c1-11(18)15-10-14(17(4)5)12-6-8-13(9-7-12)16(2)3/h6-9,14H,10H2,1-5H3,(H,15,18). The first kappa shape index (κ1) is 14.5. The summed E-state index contributed by atoms with van der Waals surface area (Å²) in [7, 11) is 8.09. The van der Waals surface area contributed by atoms with E-state index in [1.165, 1.54) is 11.3 Å². The minimum Gasteiger partial charge on any atom is -0.378 e. The molecule has 1 atom stereocenters. The van der Waals surface area contributed by atoms with Crippen LogP contribution in [-0.4, -0.2) is 45.5 Å². The predicted molar refractivity (Wildman–Crippen MR) is 75.9 cm³/mol. The van der Waals surface area contributed by atoms with E-state index in [1.807, 2.05) is 28.2 Å². The molecular formula is C14H23N3O. The van der Waals surface area contributed by atoms with Gasteiger partial charge in [-0.1, -0.05) is 12.1 Å². The number of anilines is 1. The molecule has 0 radical (unpaired) electrons. The molecule has 1 aromatic carbocycles. The smallest absolute Gasteiger partial charge is 0.216 e. The average molecular weight is 249 g/mol. The highest BCUT2D eigenvalue weighted by atomic mass is 16.1. The van der Waals surface area contributed by atoms with E-state index in [2.05, 4.69) is 39.4 Å². The van der Waals surface area contributed by atoms with Crippen molar-refractivity contribution in [3.8, 4) is 0 Å². The molecule has 100 valence electrons. The molecule has 0 bridgehead atoms. The Morgan fingerprint density at radius 2 is 1.72 bits per heavy atom. The second kappa shape index (κ2) is 6.40. The lowest BCUT2D eigenvalue weighted by Gasteiger charge is -2.25. The first-order chi connectivity index (χ1) is 8.41. The van der Waals surface area contributed by atoms with E-state index in [0.29, 0.717) is 6.54 Å². The number of carbonyl (C=O) groups excluding carboxylic acids is 1. The highest BCUT2D eigenvalue weighted by molar-refractivity contribution is 5.72. The van der Waals surface area contributed by atoms with Crippen molar-refractivity contribution in [2.24, 2.45) is 0 Å². The minimum atomic E-state index is 0.00626. The Bertz CT molecular complexity index is 385. The number of benzene rings is 1. The zero-order valence-corrected chi connectivity index (χ0v) is 11.9. The number of likely N-dealkylation sites (N-methyl/N-ethyl adjacent to an activating group) is 1. The van der Waals surface area contributed by atoms with Gasteiger partial charge in [-0.15, -0.1) is 0 Å². The number of hydrogen-bond donors (Lipinski definition) is 1. The summed E-state index contributed by atoms with van der Waals surface area (Å²) < 4.78 is 0. The molecule has 1 rings (SSSR count). The van der Waals surface area contributed by atoms with Crippen molar-refractivity contribution in [1.29, 1.82) is 0 Å². The fourth-order valence-electron chi connectivity index (χ4n) is 1.83. The van der Waals surface area contributed by atoms with Crippen LogP contribution in [0.1, 0.15) is 18.5 Å². The van der Waals surface area contributed by atoms with Crippen molar-refractivity contribution in [3.63, 3.8) is 0 Å². The van der Waals surface area contributed by atoms with Crippen LogP contribution in [0, 0.1) is 0 Å². The molecule has 0 aromatic heterocycles. The second-order valence-electron chi connectivity index (χ2n) is 4.90. The molecule has 0 aliphatic carbocycles. The van der Waals surface area contributed by atoms with E-state index < -0.39 is 0 Å². The Balaban J connectivity index is 2.82. The maximum Gasteiger partial charge on any atom is 0.216 e. The summed E-state index contributed by atoms with van der Waals surface area (Å²) in [6, 6.07) is 8.62. The van der Waals surface area contributed by atoms with Crippen LogP contribution in [0.4, 0.5) is 5.69 Å². The van der Waals surface area contributed by atoms with Gasteiger partial charge in [0.1, 0.15) is 0 Å². The lowest BCUT2D eigenvalue weighted by Crippen LogP contribution is -2.33. The van der Waals surface area contributed by atoms with Crippen LogP contribution in [0.3, 0.4) is 0 Å². The zero-order valence-electron chi connectivity index (χ0n) is 11.9. The predicted octanol–water partition coefficient (Wildman–Crippen LogP) is 1.49. The van der Waals surface area contributed by atoms with E-state index in [0.717, 1.165) is 0 Å². The summed E-state index contributed by atoms with van der Waals surface area (Å²) in [5, 5.41) is 2.87. The van der Waals surface area contributed by atoms with E-state index >= 15 is 0 Å². The largest absolute Gasteiger partial charge is 0.378 e. The summed E-state index contributed by atoms with van der Waals surface area (Å²) in [5.74, 6) is 0.00626. The summed E-state index contributed by atoms with van der Waals surface area (Å²) in [6.45, 7) is 2.17. The molecular weight excluding hydrogens is 226 g/mol. The molecule has 4 heteroatoms. The zero-order chi connectivity index (χ0) is 13.7. The van der Waals surface area contributed by atoms with Crippen molar-refractivity contribution in [2.75, 3.05) is 39.6 Å². The van der Waals surface area contributed by atoms with Crippen LogP contribution in [0.5, 0.6) is 0 Å². The van der Waals surface area contributed by atoms with E-state index in [9.17, 15) is 4.79 Å². The van der Waals surface area contributed by atoms with Gasteiger partial charge in [0.25, 0.3) is 0 Å². The Hall–Kier alpha value is -1.55. The van der Waals surface area contributed by atoms with Crippen molar-refractivity contribution >= 4 is 11.6 Å². The molecule has 0 fully saturated rings. The third-order valence-electron chi connectivity index (χ3n) is 2.96. The van der Waals surface area contributed by atoms with Gasteiger partial charge in [-0.2, -0.15) is 0 Å². The molecule has 0 saturated heterocycles. The third-order valence-corrected chi connectivity index (χ3v) is 2.96. The monoisotopic (exact) mass is 249 g/mol. The summed E-state index contributed by atoms with van der Waals surface area (Å²) >= 11 is 0. The molecule has 1 N–H and O–H groups in total. The Kier molecular flexibility index (Phi) is 5.16. The normalized spacial score (nSPS) is 12.3. The maximum absolute atomic E-state index is 11.0. The van der Waals surface area contributed by atoms with Gasteiger partial charge in [0, 0.05) is 33.3 Å². The molecule has 0 aliphatic rings. The fourth-order valence-corrected chi connectivity index (χ4v) is 1.83. The minimum absolute atomic E-state index is 0.00626. The number of hydrogen-bond acceptors (Lipinski definition) is 3. The quantitative estimate of drug-likeness (QED) is 0.859. The number of rotatable bonds is 5. The highest BCUT2D eigenvalue weighted by Gasteiger charge is 2.14. The molecule has 1 aromatic rings. The summed E-state index contributed by atoms with van der Waals surface area (Å²) in [5.41, 5.74) is 2.38. The van der Waals surface area contributed by atoms with Crippen molar-refractivity contribution in [1.82, 2.24) is 10.2 Å². The first-order valence-electron chi connectivity index (χ1n) is 6.10. The molecule has 1 amide bonds. The highest BCUT2D eigenvalue weighted by Crippen LogP contribution is 2.20. The second-order valence-corrected chi connectivity index (χ2v) is 4.90. The van der Waals surface area contributed by atoms with Gasteiger partial charge in [0.15, 0.2) is 0 Å². The fraction of sp³-hybridized carbons (Fsp3) is 0.500. The van der Waals surface area contributed by atoms with Gasteiger partial charge in [0.05, 0.1) is 6.04 Å². The van der Waals surface area contributed by atoms with Gasteiger partial charge in [-0.25, -0.2) is 0 Å². The Morgan fingerprint density at radius 1 is 1.17 bits per heavy atom. The third kappa shape index (κ3) is 4.04. The topological polar surface area (TPSA) is 35.6 Å². The van der Waals surface area contributed by atoms with E-state index in [4.69, 9.17) is 0 Å². The first-order valence-corrected chi connectivity index (χ1v) is 6.10. The number of nitrogens with zero attached hydrogens (tertiary/aromatic N) is 2. The van der Waals surface area contributed by atoms with Crippen LogP contribution in [0.15, 0.2) is 24.3 Å². The van der Waals surface area contributed by atoms with Gasteiger partial charge < -0.3 is 15.1 Å². The Labute approximate surface area is 110 Å². The number of amides is 1. The number of carbonyl (C=O) groups is 1. The van der Waals surface area contributed by atoms with Crippen LogP contribution in [0.2, 0.25) is 0 Å².